The second-order valence-corrected chi connectivity index (χ2v) is 5.49. The number of rotatable bonds is 3. The number of nitrogens with zero attached hydrogens (tertiary/aromatic N) is 5. The van der Waals surface area contributed by atoms with Crippen molar-refractivity contribution in [3.05, 3.63) is 52.2 Å². The highest BCUT2D eigenvalue weighted by Gasteiger charge is 2.21. The number of nitrogen functional groups attached to an aromatic ring is 1. The van der Waals surface area contributed by atoms with Crippen LogP contribution in [0.1, 0.15) is 5.56 Å². The van der Waals surface area contributed by atoms with Crippen molar-refractivity contribution in [1.29, 1.82) is 5.26 Å². The Morgan fingerprint density at radius 2 is 1.88 bits per heavy atom. The van der Waals surface area contributed by atoms with Crippen LogP contribution in [0.3, 0.4) is 0 Å². The summed E-state index contributed by atoms with van der Waals surface area (Å²) in [6.45, 7) is 2.98. The number of nitro groups is 1. The maximum atomic E-state index is 10.8. The molecule has 0 bridgehead atoms. The van der Waals surface area contributed by atoms with Crippen LogP contribution in [0.2, 0.25) is 0 Å². The molecular weight excluding hydrogens is 308 g/mol. The van der Waals surface area contributed by atoms with E-state index in [4.69, 9.17) is 5.73 Å². The maximum absolute atomic E-state index is 10.8. The largest absolute Gasteiger partial charge is 0.384 e. The molecule has 1 aromatic heterocycles. The fourth-order valence-electron chi connectivity index (χ4n) is 2.79. The van der Waals surface area contributed by atoms with E-state index >= 15 is 0 Å². The van der Waals surface area contributed by atoms with Gasteiger partial charge in [-0.1, -0.05) is 0 Å². The Morgan fingerprint density at radius 3 is 2.46 bits per heavy atom. The van der Waals surface area contributed by atoms with Crippen molar-refractivity contribution in [2.75, 3.05) is 41.7 Å². The normalized spacial score (nSPS) is 14.3. The van der Waals surface area contributed by atoms with Gasteiger partial charge in [0.25, 0.3) is 5.69 Å². The number of nitrogens with two attached hydrogens (primary N) is 1. The zero-order valence-electron chi connectivity index (χ0n) is 12.9. The molecule has 0 spiro atoms. The Balaban J connectivity index is 1.74. The Morgan fingerprint density at radius 1 is 1.17 bits per heavy atom. The van der Waals surface area contributed by atoms with Crippen molar-refractivity contribution in [3.63, 3.8) is 0 Å². The first kappa shape index (κ1) is 15.6. The average molecular weight is 324 g/mol. The number of pyridine rings is 1. The summed E-state index contributed by atoms with van der Waals surface area (Å²) in [6.07, 6.45) is 1.75. The summed E-state index contributed by atoms with van der Waals surface area (Å²) in [5.41, 5.74) is 7.60. The van der Waals surface area contributed by atoms with Crippen LogP contribution in [0.4, 0.5) is 22.9 Å². The quantitative estimate of drug-likeness (QED) is 0.676. The minimum absolute atomic E-state index is 0.0677. The van der Waals surface area contributed by atoms with E-state index in [9.17, 15) is 15.4 Å². The predicted molar refractivity (Wildman–Crippen MR) is 90.9 cm³/mol. The molecule has 2 aromatic rings. The Kier molecular flexibility index (Phi) is 4.16. The lowest BCUT2D eigenvalue weighted by molar-refractivity contribution is -0.384. The van der Waals surface area contributed by atoms with Crippen LogP contribution in [0.15, 0.2) is 36.5 Å². The predicted octanol–water partition coefficient (Wildman–Crippen LogP) is 1.77. The zero-order chi connectivity index (χ0) is 17.1. The SMILES string of the molecule is N#Cc1cc([N+](=O)[O-])ccc1N1CCN(c2ccc(N)nc2)CC1. The summed E-state index contributed by atoms with van der Waals surface area (Å²) in [6, 6.07) is 10.2. The number of anilines is 3. The van der Waals surface area contributed by atoms with Crippen molar-refractivity contribution in [1.82, 2.24) is 4.98 Å². The molecule has 3 rings (SSSR count). The van der Waals surface area contributed by atoms with Gasteiger partial charge in [0, 0.05) is 38.3 Å². The minimum Gasteiger partial charge on any atom is -0.384 e. The lowest BCUT2D eigenvalue weighted by Gasteiger charge is -2.37. The molecule has 0 unspecified atom stereocenters. The van der Waals surface area contributed by atoms with Crippen molar-refractivity contribution in [2.45, 2.75) is 0 Å². The average Bonchev–Trinajstić information content (AvgIpc) is 2.62. The van der Waals surface area contributed by atoms with Gasteiger partial charge in [0.05, 0.1) is 28.1 Å². The lowest BCUT2D eigenvalue weighted by Crippen LogP contribution is -2.46. The Labute approximate surface area is 138 Å². The van der Waals surface area contributed by atoms with Crippen LogP contribution in [0.5, 0.6) is 0 Å². The molecule has 2 N–H and O–H groups in total. The number of nitro benzene ring substituents is 1. The van der Waals surface area contributed by atoms with E-state index in [1.165, 1.54) is 12.1 Å². The van der Waals surface area contributed by atoms with Crippen LogP contribution in [0.25, 0.3) is 0 Å². The Hall–Kier alpha value is -3.34. The molecule has 1 aromatic carbocycles. The second kappa shape index (κ2) is 6.42. The van der Waals surface area contributed by atoms with Crippen LogP contribution in [-0.4, -0.2) is 36.1 Å². The molecule has 0 amide bonds. The number of hydrogen-bond acceptors (Lipinski definition) is 7. The summed E-state index contributed by atoms with van der Waals surface area (Å²) in [5.74, 6) is 0.488. The van der Waals surface area contributed by atoms with Crippen molar-refractivity contribution >= 4 is 22.9 Å². The first-order valence-electron chi connectivity index (χ1n) is 7.48. The van der Waals surface area contributed by atoms with Gasteiger partial charge in [-0.25, -0.2) is 4.98 Å². The molecule has 1 aliphatic heterocycles. The first-order chi connectivity index (χ1) is 11.6. The third-order valence-corrected chi connectivity index (χ3v) is 4.07. The lowest BCUT2D eigenvalue weighted by atomic mass is 10.1. The van der Waals surface area contributed by atoms with Gasteiger partial charge >= 0.3 is 0 Å². The van der Waals surface area contributed by atoms with E-state index in [-0.39, 0.29) is 5.69 Å². The number of non-ortho nitro benzene ring substituents is 1. The number of benzene rings is 1. The van der Waals surface area contributed by atoms with Crippen LogP contribution in [-0.2, 0) is 0 Å². The molecule has 0 aliphatic carbocycles. The number of piperazine rings is 1. The molecule has 8 nitrogen and oxygen atoms in total. The molecule has 1 aliphatic rings. The number of hydrogen-bond donors (Lipinski definition) is 1. The summed E-state index contributed by atoms with van der Waals surface area (Å²) in [5, 5.41) is 20.1. The van der Waals surface area contributed by atoms with Crippen LogP contribution < -0.4 is 15.5 Å². The monoisotopic (exact) mass is 324 g/mol. The van der Waals surface area contributed by atoms with Gasteiger partial charge in [-0.05, 0) is 18.2 Å². The first-order valence-corrected chi connectivity index (χ1v) is 7.48. The zero-order valence-corrected chi connectivity index (χ0v) is 12.9. The minimum atomic E-state index is -0.489. The molecule has 0 atom stereocenters. The second-order valence-electron chi connectivity index (χ2n) is 5.49. The van der Waals surface area contributed by atoms with Crippen LogP contribution in [0, 0.1) is 21.4 Å². The third-order valence-electron chi connectivity index (χ3n) is 4.07. The van der Waals surface area contributed by atoms with E-state index in [0.29, 0.717) is 11.4 Å². The molecular formula is C16H16N6O2. The van der Waals surface area contributed by atoms with Gasteiger partial charge < -0.3 is 15.5 Å². The van der Waals surface area contributed by atoms with Gasteiger partial charge in [-0.15, -0.1) is 0 Å². The molecule has 1 saturated heterocycles. The van der Waals surface area contributed by atoms with Crippen molar-refractivity contribution in [3.8, 4) is 6.07 Å². The van der Waals surface area contributed by atoms with Crippen molar-refractivity contribution < 1.29 is 4.92 Å². The van der Waals surface area contributed by atoms with E-state index < -0.39 is 4.92 Å². The van der Waals surface area contributed by atoms with Crippen molar-refractivity contribution in [2.24, 2.45) is 0 Å². The highest BCUT2D eigenvalue weighted by atomic mass is 16.6. The molecule has 0 saturated carbocycles. The summed E-state index contributed by atoms with van der Waals surface area (Å²) >= 11 is 0. The molecule has 1 fully saturated rings. The van der Waals surface area contributed by atoms with E-state index in [0.717, 1.165) is 37.6 Å². The smallest absolute Gasteiger partial charge is 0.270 e. The standard InChI is InChI=1S/C16H16N6O2/c17-10-12-9-13(22(23)24)1-3-15(12)21-7-5-20(6-8-21)14-2-4-16(18)19-11-14/h1-4,9,11H,5-8H2,(H2,18,19). The van der Waals surface area contributed by atoms with Gasteiger partial charge in [0.15, 0.2) is 0 Å². The van der Waals surface area contributed by atoms with Gasteiger partial charge in [-0.2, -0.15) is 5.26 Å². The maximum Gasteiger partial charge on any atom is 0.270 e. The number of aromatic nitrogens is 1. The summed E-state index contributed by atoms with van der Waals surface area (Å²) in [4.78, 5) is 18.7. The summed E-state index contributed by atoms with van der Waals surface area (Å²) in [7, 11) is 0. The molecule has 2 heterocycles. The van der Waals surface area contributed by atoms with E-state index in [1.54, 1.807) is 18.3 Å². The van der Waals surface area contributed by atoms with Crippen LogP contribution >= 0.6 is 0 Å². The summed E-state index contributed by atoms with van der Waals surface area (Å²) < 4.78 is 0. The highest BCUT2D eigenvalue weighted by molar-refractivity contribution is 5.64. The third kappa shape index (κ3) is 3.05. The fourth-order valence-corrected chi connectivity index (χ4v) is 2.79. The van der Waals surface area contributed by atoms with E-state index in [2.05, 4.69) is 20.9 Å². The molecule has 0 radical (unpaired) electrons. The molecule has 122 valence electrons. The van der Waals surface area contributed by atoms with Gasteiger partial charge in [-0.3, -0.25) is 10.1 Å². The van der Waals surface area contributed by atoms with E-state index in [1.807, 2.05) is 6.07 Å². The number of nitriles is 1. The fraction of sp³-hybridized carbons (Fsp3) is 0.250. The van der Waals surface area contributed by atoms with Gasteiger partial charge in [0.2, 0.25) is 0 Å². The Bertz CT molecular complexity index is 791. The molecule has 24 heavy (non-hydrogen) atoms. The highest BCUT2D eigenvalue weighted by Crippen LogP contribution is 2.27. The van der Waals surface area contributed by atoms with Gasteiger partial charge in [0.1, 0.15) is 11.9 Å². The molecule has 8 heteroatoms. The topological polar surface area (TPSA) is 112 Å².